The first-order chi connectivity index (χ1) is 20.8. The van der Waals surface area contributed by atoms with Crippen molar-refractivity contribution >= 4 is 24.2 Å². The summed E-state index contributed by atoms with van der Waals surface area (Å²) in [6.07, 6.45) is 6.13. The summed E-state index contributed by atoms with van der Waals surface area (Å²) in [4.78, 5) is 31.1. The van der Waals surface area contributed by atoms with E-state index in [0.717, 1.165) is 62.9 Å². The molecule has 9 nitrogen and oxygen atoms in total. The van der Waals surface area contributed by atoms with Crippen LogP contribution in [0.1, 0.15) is 68.3 Å². The monoisotopic (exact) mass is 631 g/mol. The van der Waals surface area contributed by atoms with Crippen molar-refractivity contribution in [1.82, 2.24) is 15.1 Å². The second-order valence-corrected chi connectivity index (χ2v) is 11.8. The summed E-state index contributed by atoms with van der Waals surface area (Å²) in [6.45, 7) is 6.71. The maximum absolute atomic E-state index is 13.8. The lowest BCUT2D eigenvalue weighted by Crippen LogP contribution is -2.54. The molecule has 44 heavy (non-hydrogen) atoms. The lowest BCUT2D eigenvalue weighted by atomic mass is 9.95. The number of carbonyl (C=O) groups excluding carboxylic acids is 2. The molecule has 1 N–H and O–H groups in total. The number of nitrogens with one attached hydrogen (secondary N) is 1. The lowest BCUT2D eigenvalue weighted by molar-refractivity contribution is -0.131. The van der Waals surface area contributed by atoms with E-state index < -0.39 is 0 Å². The van der Waals surface area contributed by atoms with Gasteiger partial charge in [0.05, 0.1) is 27.2 Å². The van der Waals surface area contributed by atoms with Crippen molar-refractivity contribution in [2.45, 2.75) is 83.0 Å². The van der Waals surface area contributed by atoms with Crippen molar-refractivity contribution < 1.29 is 28.5 Å². The summed E-state index contributed by atoms with van der Waals surface area (Å²) in [5.41, 5.74) is 1.60. The summed E-state index contributed by atoms with van der Waals surface area (Å²) < 4.78 is 21.7. The number of benzene rings is 2. The minimum absolute atomic E-state index is 0. The highest BCUT2D eigenvalue weighted by Crippen LogP contribution is 2.31. The van der Waals surface area contributed by atoms with Crippen LogP contribution in [0.5, 0.6) is 17.2 Å². The van der Waals surface area contributed by atoms with Gasteiger partial charge < -0.3 is 34.1 Å². The molecule has 1 aliphatic heterocycles. The lowest BCUT2D eigenvalue weighted by Gasteiger charge is -2.40. The van der Waals surface area contributed by atoms with Crippen molar-refractivity contribution in [1.29, 1.82) is 0 Å². The number of halogens is 1. The third kappa shape index (κ3) is 9.74. The van der Waals surface area contributed by atoms with E-state index in [4.69, 9.17) is 18.9 Å². The summed E-state index contributed by atoms with van der Waals surface area (Å²) in [7, 11) is 4.91. The van der Waals surface area contributed by atoms with Crippen LogP contribution in [0.4, 0.5) is 0 Å². The van der Waals surface area contributed by atoms with Gasteiger partial charge in [-0.15, -0.1) is 12.4 Å². The molecule has 2 amide bonds. The fourth-order valence-electron chi connectivity index (χ4n) is 5.87. The van der Waals surface area contributed by atoms with Gasteiger partial charge in [0, 0.05) is 63.0 Å². The highest BCUT2D eigenvalue weighted by atomic mass is 35.5. The Labute approximate surface area is 269 Å². The van der Waals surface area contributed by atoms with E-state index in [2.05, 4.69) is 24.1 Å². The first-order valence-electron chi connectivity index (χ1n) is 15.6. The minimum Gasteiger partial charge on any atom is -0.497 e. The Bertz CT molecular complexity index is 1180. The molecule has 0 bridgehead atoms. The highest BCUT2D eigenvalue weighted by Gasteiger charge is 2.34. The Hall–Kier alpha value is -3.01. The number of methoxy groups -OCH3 is 3. The van der Waals surface area contributed by atoms with Crippen LogP contribution in [-0.2, 0) is 16.0 Å². The van der Waals surface area contributed by atoms with Crippen LogP contribution in [0.15, 0.2) is 42.5 Å². The predicted octanol–water partition coefficient (Wildman–Crippen LogP) is 5.14. The zero-order chi connectivity index (χ0) is 30.8. The third-order valence-electron chi connectivity index (χ3n) is 8.38. The number of piperidine rings is 1. The van der Waals surface area contributed by atoms with Crippen LogP contribution in [0, 0.1) is 0 Å². The number of hydrogen-bond acceptors (Lipinski definition) is 7. The Morgan fingerprint density at radius 1 is 0.909 bits per heavy atom. The summed E-state index contributed by atoms with van der Waals surface area (Å²) in [6, 6.07) is 14.0. The van der Waals surface area contributed by atoms with Crippen molar-refractivity contribution in [2.75, 3.05) is 47.6 Å². The molecule has 4 rings (SSSR count). The quantitative estimate of drug-likeness (QED) is 0.257. The van der Waals surface area contributed by atoms with Gasteiger partial charge in [-0.25, -0.2) is 0 Å². The summed E-state index contributed by atoms with van der Waals surface area (Å²) in [5.74, 6) is 2.16. The van der Waals surface area contributed by atoms with Gasteiger partial charge in [0.1, 0.15) is 5.75 Å². The van der Waals surface area contributed by atoms with Crippen molar-refractivity contribution in [2.24, 2.45) is 0 Å². The average molecular weight is 632 g/mol. The van der Waals surface area contributed by atoms with Crippen LogP contribution in [-0.4, -0.2) is 93.4 Å². The maximum Gasteiger partial charge on any atom is 0.254 e. The van der Waals surface area contributed by atoms with E-state index in [9.17, 15) is 9.59 Å². The molecule has 2 atom stereocenters. The topological polar surface area (TPSA) is 89.6 Å². The Kier molecular flexibility index (Phi) is 14.1. The van der Waals surface area contributed by atoms with Crippen molar-refractivity contribution in [3.05, 3.63) is 53.6 Å². The Morgan fingerprint density at radius 2 is 1.64 bits per heavy atom. The molecular weight excluding hydrogens is 582 g/mol. The van der Waals surface area contributed by atoms with Gasteiger partial charge in [-0.05, 0) is 81.8 Å². The molecule has 0 unspecified atom stereocenters. The molecule has 10 heteroatoms. The van der Waals surface area contributed by atoms with Gasteiger partial charge in [0.15, 0.2) is 11.5 Å². The summed E-state index contributed by atoms with van der Waals surface area (Å²) >= 11 is 0. The third-order valence-corrected chi connectivity index (χ3v) is 8.38. The van der Waals surface area contributed by atoms with Crippen LogP contribution in [0.2, 0.25) is 0 Å². The van der Waals surface area contributed by atoms with E-state index in [1.807, 2.05) is 35.2 Å². The van der Waals surface area contributed by atoms with Gasteiger partial charge in [-0.3, -0.25) is 9.59 Å². The molecule has 2 aromatic rings. The molecule has 1 heterocycles. The molecule has 1 saturated carbocycles. The van der Waals surface area contributed by atoms with Crippen LogP contribution < -0.4 is 19.5 Å². The average Bonchev–Trinajstić information content (AvgIpc) is 3.86. The Balaban J connectivity index is 0.00000529. The van der Waals surface area contributed by atoms with Crippen molar-refractivity contribution in [3.63, 3.8) is 0 Å². The standard InChI is InChI=1S/C34H49N3O6.ClH/c1-24(2)37(34(39)26-9-16-31(42-5)32(22-26)43-20-6-19-40-3)29-11-10-27(35-23-29)17-18-36(28-12-13-28)33(38)21-25-7-14-30(41-4)15-8-25;/h7-9,14-16,22,24,27-29,35H,6,10-13,17-21,23H2,1-5H3;1H/t27-,29-;/m1./s1. The van der Waals surface area contributed by atoms with E-state index in [1.54, 1.807) is 33.5 Å². The molecule has 2 aromatic carbocycles. The number of rotatable bonds is 16. The minimum atomic E-state index is -0.00585. The molecule has 0 radical (unpaired) electrons. The summed E-state index contributed by atoms with van der Waals surface area (Å²) in [5, 5.41) is 3.69. The molecule has 2 fully saturated rings. The smallest absolute Gasteiger partial charge is 0.254 e. The van der Waals surface area contributed by atoms with Gasteiger partial charge in [-0.2, -0.15) is 0 Å². The second kappa shape index (κ2) is 17.5. The number of amides is 2. The number of nitrogens with zero attached hydrogens (tertiary/aromatic N) is 2. The van der Waals surface area contributed by atoms with E-state index in [0.29, 0.717) is 48.8 Å². The molecule has 0 spiro atoms. The van der Waals surface area contributed by atoms with E-state index in [-0.39, 0.29) is 36.3 Å². The van der Waals surface area contributed by atoms with Crippen molar-refractivity contribution in [3.8, 4) is 17.2 Å². The number of ether oxygens (including phenoxy) is 4. The normalized spacial score (nSPS) is 17.9. The van der Waals surface area contributed by atoms with Gasteiger partial charge in [0.25, 0.3) is 5.91 Å². The molecule has 244 valence electrons. The SMILES string of the molecule is COCCCOc1cc(C(=O)N(C(C)C)[C@@H]2CC[C@H](CCN(C(=O)Cc3ccc(OC)cc3)C3CC3)NC2)ccc1OC.Cl. The van der Waals surface area contributed by atoms with Gasteiger partial charge in [-0.1, -0.05) is 12.1 Å². The fourth-order valence-corrected chi connectivity index (χ4v) is 5.87. The number of carbonyl (C=O) groups is 2. The van der Waals surface area contributed by atoms with Gasteiger partial charge >= 0.3 is 0 Å². The number of hydrogen-bond donors (Lipinski definition) is 1. The zero-order valence-corrected chi connectivity index (χ0v) is 27.7. The maximum atomic E-state index is 13.8. The predicted molar refractivity (Wildman–Crippen MR) is 174 cm³/mol. The van der Waals surface area contributed by atoms with Crippen LogP contribution in [0.3, 0.4) is 0 Å². The van der Waals surface area contributed by atoms with Crippen LogP contribution in [0.25, 0.3) is 0 Å². The first kappa shape index (κ1) is 35.5. The Morgan fingerprint density at radius 3 is 2.23 bits per heavy atom. The van der Waals surface area contributed by atoms with E-state index >= 15 is 0 Å². The molecular formula is C34H50ClN3O6. The van der Waals surface area contributed by atoms with Crippen LogP contribution >= 0.6 is 12.4 Å². The second-order valence-electron chi connectivity index (χ2n) is 11.8. The first-order valence-corrected chi connectivity index (χ1v) is 15.6. The van der Waals surface area contributed by atoms with E-state index in [1.165, 1.54) is 0 Å². The van der Waals surface area contributed by atoms with Gasteiger partial charge in [0.2, 0.25) is 5.91 Å². The molecule has 1 saturated heterocycles. The molecule has 2 aliphatic rings. The zero-order valence-electron chi connectivity index (χ0n) is 26.9. The molecule has 0 aromatic heterocycles. The highest BCUT2D eigenvalue weighted by molar-refractivity contribution is 5.95. The fraction of sp³-hybridized carbons (Fsp3) is 0.588. The molecule has 1 aliphatic carbocycles. The largest absolute Gasteiger partial charge is 0.497 e.